The Morgan fingerprint density at radius 1 is 1.20 bits per heavy atom. The van der Waals surface area contributed by atoms with Gasteiger partial charge in [0.15, 0.2) is 0 Å². The number of rotatable bonds is 6. The lowest BCUT2D eigenvalue weighted by atomic mass is 9.85. The van der Waals surface area contributed by atoms with E-state index in [9.17, 15) is 9.90 Å². The monoisotopic (exact) mass is 344 g/mol. The summed E-state index contributed by atoms with van der Waals surface area (Å²) in [7, 11) is 1.66. The normalized spacial score (nSPS) is 31.6. The van der Waals surface area contributed by atoms with Crippen molar-refractivity contribution >= 4 is 6.03 Å². The highest BCUT2D eigenvalue weighted by Gasteiger charge is 2.48. The Labute approximate surface area is 149 Å². The van der Waals surface area contributed by atoms with Gasteiger partial charge in [-0.25, -0.2) is 4.79 Å². The molecule has 0 spiro atoms. The first-order valence-electron chi connectivity index (χ1n) is 9.51. The Morgan fingerprint density at radius 2 is 1.92 bits per heavy atom. The number of carbonyl (C=O) groups excluding carboxylic acids is 1. The molecule has 5 unspecified atom stereocenters. The van der Waals surface area contributed by atoms with Gasteiger partial charge in [0.05, 0.1) is 13.2 Å². The van der Waals surface area contributed by atoms with Crippen LogP contribution in [0.4, 0.5) is 4.79 Å². The standard InChI is InChI=1S/C20H28N2O3/c1-25-16-8-6-13(7-9-16)18(12-2-3-12)21-20(24)22-19-15-5-4-14(10-15)17(19)11-23/h6-9,12,14-15,17-19,23H,2-5,10-11H2,1H3,(H2,21,22,24). The summed E-state index contributed by atoms with van der Waals surface area (Å²) < 4.78 is 5.22. The van der Waals surface area contributed by atoms with Crippen LogP contribution in [0.3, 0.4) is 0 Å². The number of amides is 2. The lowest BCUT2D eigenvalue weighted by Gasteiger charge is -2.31. The average Bonchev–Trinajstić information content (AvgIpc) is 3.29. The van der Waals surface area contributed by atoms with Gasteiger partial charge in [-0.2, -0.15) is 0 Å². The molecule has 3 aliphatic rings. The molecule has 25 heavy (non-hydrogen) atoms. The molecular formula is C20H28N2O3. The SMILES string of the molecule is COc1ccc(C(NC(=O)NC2C3CCC(C3)C2CO)C2CC2)cc1. The van der Waals surface area contributed by atoms with Crippen LogP contribution in [-0.2, 0) is 0 Å². The first-order valence-corrected chi connectivity index (χ1v) is 9.51. The van der Waals surface area contributed by atoms with Crippen molar-refractivity contribution in [3.05, 3.63) is 29.8 Å². The second-order valence-electron chi connectivity index (χ2n) is 7.91. The van der Waals surface area contributed by atoms with Gasteiger partial charge in [-0.05, 0) is 67.6 Å². The summed E-state index contributed by atoms with van der Waals surface area (Å²) in [5, 5.41) is 16.1. The molecule has 5 atom stereocenters. The minimum Gasteiger partial charge on any atom is -0.497 e. The number of benzene rings is 1. The highest BCUT2D eigenvalue weighted by atomic mass is 16.5. The largest absolute Gasteiger partial charge is 0.497 e. The van der Waals surface area contributed by atoms with Crippen LogP contribution in [0, 0.1) is 23.7 Å². The van der Waals surface area contributed by atoms with Gasteiger partial charge in [-0.1, -0.05) is 12.1 Å². The number of hydrogen-bond acceptors (Lipinski definition) is 3. The average molecular weight is 344 g/mol. The fourth-order valence-electron chi connectivity index (χ4n) is 4.95. The molecule has 3 saturated carbocycles. The van der Waals surface area contributed by atoms with Gasteiger partial charge in [-0.15, -0.1) is 0 Å². The minimum atomic E-state index is -0.0938. The summed E-state index contributed by atoms with van der Waals surface area (Å²) in [4.78, 5) is 12.6. The molecule has 3 aliphatic carbocycles. The summed E-state index contributed by atoms with van der Waals surface area (Å²) in [5.41, 5.74) is 1.13. The molecule has 2 amide bonds. The minimum absolute atomic E-state index is 0.0528. The Bertz CT molecular complexity index is 614. The van der Waals surface area contributed by atoms with Crippen molar-refractivity contribution in [3.8, 4) is 5.75 Å². The lowest BCUT2D eigenvalue weighted by Crippen LogP contribution is -2.50. The number of hydrogen-bond donors (Lipinski definition) is 3. The van der Waals surface area contributed by atoms with E-state index in [0.717, 1.165) is 30.6 Å². The zero-order valence-electron chi connectivity index (χ0n) is 14.8. The molecule has 3 N–H and O–H groups in total. The second kappa shape index (κ2) is 6.87. The number of aliphatic hydroxyl groups excluding tert-OH is 1. The molecule has 1 aromatic carbocycles. The van der Waals surface area contributed by atoms with E-state index in [2.05, 4.69) is 10.6 Å². The highest BCUT2D eigenvalue weighted by Crippen LogP contribution is 2.48. The zero-order valence-corrected chi connectivity index (χ0v) is 14.8. The lowest BCUT2D eigenvalue weighted by molar-refractivity contribution is 0.143. The predicted molar refractivity (Wildman–Crippen MR) is 95.3 cm³/mol. The van der Waals surface area contributed by atoms with Gasteiger partial charge in [0.25, 0.3) is 0 Å². The van der Waals surface area contributed by atoms with Gasteiger partial charge >= 0.3 is 6.03 Å². The Balaban J connectivity index is 1.41. The second-order valence-corrected chi connectivity index (χ2v) is 7.91. The maximum absolute atomic E-state index is 12.6. The van der Waals surface area contributed by atoms with E-state index >= 15 is 0 Å². The Hall–Kier alpha value is -1.75. The van der Waals surface area contributed by atoms with Gasteiger partial charge < -0.3 is 20.5 Å². The van der Waals surface area contributed by atoms with Crippen LogP contribution >= 0.6 is 0 Å². The molecule has 0 radical (unpaired) electrons. The predicted octanol–water partition coefficient (Wildman–Crippen LogP) is 2.85. The molecule has 5 nitrogen and oxygen atoms in total. The van der Waals surface area contributed by atoms with Crippen LogP contribution < -0.4 is 15.4 Å². The summed E-state index contributed by atoms with van der Waals surface area (Å²) in [6.07, 6.45) is 5.85. The smallest absolute Gasteiger partial charge is 0.315 e. The van der Waals surface area contributed by atoms with Crippen LogP contribution in [-0.4, -0.2) is 30.9 Å². The molecular weight excluding hydrogens is 316 g/mol. The molecule has 0 heterocycles. The van der Waals surface area contributed by atoms with E-state index in [1.54, 1.807) is 7.11 Å². The quantitative estimate of drug-likeness (QED) is 0.743. The van der Waals surface area contributed by atoms with Crippen molar-refractivity contribution in [1.82, 2.24) is 10.6 Å². The third-order valence-corrected chi connectivity index (χ3v) is 6.45. The van der Waals surface area contributed by atoms with Gasteiger partial charge in [0, 0.05) is 18.6 Å². The topological polar surface area (TPSA) is 70.6 Å². The van der Waals surface area contributed by atoms with Gasteiger partial charge in [0.1, 0.15) is 5.75 Å². The number of fused-ring (bicyclic) bond motifs is 2. The van der Waals surface area contributed by atoms with Crippen molar-refractivity contribution in [2.45, 2.75) is 44.2 Å². The molecule has 0 saturated heterocycles. The number of aliphatic hydroxyl groups is 1. The van der Waals surface area contributed by atoms with Crippen molar-refractivity contribution < 1.29 is 14.6 Å². The molecule has 0 aromatic heterocycles. The van der Waals surface area contributed by atoms with E-state index < -0.39 is 0 Å². The molecule has 2 bridgehead atoms. The Kier molecular flexibility index (Phi) is 4.59. The molecule has 0 aliphatic heterocycles. The van der Waals surface area contributed by atoms with E-state index in [1.165, 1.54) is 12.8 Å². The van der Waals surface area contributed by atoms with Crippen molar-refractivity contribution in [2.24, 2.45) is 23.7 Å². The van der Waals surface area contributed by atoms with Crippen LogP contribution in [0.5, 0.6) is 5.75 Å². The maximum atomic E-state index is 12.6. The molecule has 4 rings (SSSR count). The van der Waals surface area contributed by atoms with Crippen molar-refractivity contribution in [3.63, 3.8) is 0 Å². The van der Waals surface area contributed by atoms with Gasteiger partial charge in [0.2, 0.25) is 0 Å². The third kappa shape index (κ3) is 3.34. The van der Waals surface area contributed by atoms with Crippen molar-refractivity contribution in [2.75, 3.05) is 13.7 Å². The zero-order chi connectivity index (χ0) is 17.4. The van der Waals surface area contributed by atoms with E-state index in [1.807, 2.05) is 24.3 Å². The van der Waals surface area contributed by atoms with E-state index in [-0.39, 0.29) is 30.6 Å². The molecule has 3 fully saturated rings. The maximum Gasteiger partial charge on any atom is 0.315 e. The number of urea groups is 1. The molecule has 5 heteroatoms. The fourth-order valence-corrected chi connectivity index (χ4v) is 4.95. The summed E-state index contributed by atoms with van der Waals surface area (Å²) in [6.45, 7) is 0.177. The van der Waals surface area contributed by atoms with E-state index in [4.69, 9.17) is 4.74 Å². The third-order valence-electron chi connectivity index (χ3n) is 6.45. The highest BCUT2D eigenvalue weighted by molar-refractivity contribution is 5.75. The van der Waals surface area contributed by atoms with Crippen LogP contribution in [0.2, 0.25) is 0 Å². The Morgan fingerprint density at radius 3 is 2.56 bits per heavy atom. The molecule has 136 valence electrons. The van der Waals surface area contributed by atoms with Crippen molar-refractivity contribution in [1.29, 1.82) is 0 Å². The van der Waals surface area contributed by atoms with Gasteiger partial charge in [-0.3, -0.25) is 0 Å². The number of carbonyl (C=O) groups is 1. The van der Waals surface area contributed by atoms with Crippen LogP contribution in [0.25, 0.3) is 0 Å². The number of ether oxygens (including phenoxy) is 1. The first kappa shape index (κ1) is 16.7. The first-order chi connectivity index (χ1) is 12.2. The summed E-state index contributed by atoms with van der Waals surface area (Å²) >= 11 is 0. The number of nitrogens with one attached hydrogen (secondary N) is 2. The number of methoxy groups -OCH3 is 1. The van der Waals surface area contributed by atoms with E-state index in [0.29, 0.717) is 17.8 Å². The fraction of sp³-hybridized carbons (Fsp3) is 0.650. The van der Waals surface area contributed by atoms with Crippen LogP contribution in [0.15, 0.2) is 24.3 Å². The molecule has 1 aromatic rings. The summed E-state index contributed by atoms with van der Waals surface area (Å²) in [6, 6.07) is 8.05. The van der Waals surface area contributed by atoms with Crippen LogP contribution in [0.1, 0.15) is 43.7 Å². The summed E-state index contributed by atoms with van der Waals surface area (Å²) in [5.74, 6) is 2.70.